The third-order valence-electron chi connectivity index (χ3n) is 4.48. The van der Waals surface area contributed by atoms with Gasteiger partial charge in [-0.3, -0.25) is 4.90 Å². The molecule has 1 atom stereocenters. The summed E-state index contributed by atoms with van der Waals surface area (Å²) in [6, 6.07) is 10.3. The van der Waals surface area contributed by atoms with Crippen LogP contribution in [0.1, 0.15) is 42.9 Å². The summed E-state index contributed by atoms with van der Waals surface area (Å²) in [7, 11) is 0. The molecule has 0 amide bonds. The fourth-order valence-electron chi connectivity index (χ4n) is 3.41. The van der Waals surface area contributed by atoms with Crippen LogP contribution in [0.25, 0.3) is 0 Å². The first-order valence-corrected chi connectivity index (χ1v) is 7.92. The van der Waals surface area contributed by atoms with E-state index in [9.17, 15) is 0 Å². The highest BCUT2D eigenvalue weighted by Crippen LogP contribution is 2.40. The van der Waals surface area contributed by atoms with Gasteiger partial charge in [-0.25, -0.2) is 0 Å². The first kappa shape index (κ1) is 14.1. The number of aryl methyl sites for hydroxylation is 1. The Kier molecular flexibility index (Phi) is 4.71. The van der Waals surface area contributed by atoms with E-state index in [1.807, 2.05) is 0 Å². The maximum atomic E-state index is 8.79. The van der Waals surface area contributed by atoms with Crippen molar-refractivity contribution in [2.24, 2.45) is 0 Å². The van der Waals surface area contributed by atoms with Gasteiger partial charge in [-0.1, -0.05) is 24.3 Å². The summed E-state index contributed by atoms with van der Waals surface area (Å²) < 4.78 is 5.48. The zero-order valence-electron chi connectivity index (χ0n) is 12.1. The lowest BCUT2D eigenvalue weighted by Gasteiger charge is -2.36. The lowest BCUT2D eigenvalue weighted by atomic mass is 9.86. The molecule has 3 heteroatoms. The predicted octanol–water partition coefficient (Wildman–Crippen LogP) is 2.54. The van der Waals surface area contributed by atoms with Gasteiger partial charge < -0.3 is 9.84 Å². The molecule has 0 bridgehead atoms. The first-order chi connectivity index (χ1) is 9.90. The van der Waals surface area contributed by atoms with Gasteiger partial charge in [0.1, 0.15) is 0 Å². The van der Waals surface area contributed by atoms with E-state index in [1.165, 1.54) is 43.2 Å². The number of nitrogens with zero attached hydrogens (tertiary/aromatic N) is 1. The van der Waals surface area contributed by atoms with Gasteiger partial charge in [-0.2, -0.15) is 0 Å². The highest BCUT2D eigenvalue weighted by Gasteiger charge is 2.35. The highest BCUT2D eigenvalue weighted by atomic mass is 16.5. The van der Waals surface area contributed by atoms with Crippen molar-refractivity contribution >= 4 is 0 Å². The molecule has 1 saturated carbocycles. The predicted molar refractivity (Wildman–Crippen MR) is 79.8 cm³/mol. The molecule has 1 fully saturated rings. The Hall–Kier alpha value is -0.900. The molecule has 3 nitrogen and oxygen atoms in total. The smallest absolute Gasteiger partial charge is 0.0698 e. The van der Waals surface area contributed by atoms with Crippen LogP contribution in [0.3, 0.4) is 0 Å². The molecule has 1 aromatic rings. The molecule has 110 valence electrons. The summed E-state index contributed by atoms with van der Waals surface area (Å²) in [6.45, 7) is 2.30. The Bertz CT molecular complexity index is 431. The maximum absolute atomic E-state index is 8.79. The molecule has 0 saturated heterocycles. The topological polar surface area (TPSA) is 32.7 Å². The third-order valence-corrected chi connectivity index (χ3v) is 4.48. The van der Waals surface area contributed by atoms with Crippen LogP contribution < -0.4 is 0 Å². The minimum Gasteiger partial charge on any atom is -0.394 e. The van der Waals surface area contributed by atoms with Crippen molar-refractivity contribution in [1.29, 1.82) is 0 Å². The fraction of sp³-hybridized carbons (Fsp3) is 0.647. The first-order valence-electron chi connectivity index (χ1n) is 7.92. The Labute approximate surface area is 121 Å². The van der Waals surface area contributed by atoms with E-state index in [1.54, 1.807) is 0 Å². The summed E-state index contributed by atoms with van der Waals surface area (Å²) in [5, 5.41) is 8.79. The van der Waals surface area contributed by atoms with E-state index in [0.29, 0.717) is 12.6 Å². The van der Waals surface area contributed by atoms with E-state index in [2.05, 4.69) is 29.2 Å². The van der Waals surface area contributed by atoms with Crippen molar-refractivity contribution < 1.29 is 9.84 Å². The van der Waals surface area contributed by atoms with E-state index in [-0.39, 0.29) is 6.61 Å². The Morgan fingerprint density at radius 2 is 2.00 bits per heavy atom. The molecule has 1 unspecified atom stereocenters. The number of hydrogen-bond donors (Lipinski definition) is 1. The molecular weight excluding hydrogens is 250 g/mol. The summed E-state index contributed by atoms with van der Waals surface area (Å²) in [5.74, 6) is 0. The lowest BCUT2D eigenvalue weighted by molar-refractivity contribution is 0.0570. The molecule has 0 heterocycles. The van der Waals surface area contributed by atoms with E-state index in [4.69, 9.17) is 9.84 Å². The molecule has 1 aromatic carbocycles. The molecule has 2 aliphatic carbocycles. The van der Waals surface area contributed by atoms with Crippen molar-refractivity contribution in [3.05, 3.63) is 35.4 Å². The Morgan fingerprint density at radius 3 is 2.80 bits per heavy atom. The van der Waals surface area contributed by atoms with Crippen LogP contribution in [0.15, 0.2) is 24.3 Å². The van der Waals surface area contributed by atoms with Crippen molar-refractivity contribution in [1.82, 2.24) is 4.90 Å². The van der Waals surface area contributed by atoms with E-state index < -0.39 is 0 Å². The Morgan fingerprint density at radius 1 is 1.15 bits per heavy atom. The van der Waals surface area contributed by atoms with Gasteiger partial charge in [0.2, 0.25) is 0 Å². The van der Waals surface area contributed by atoms with Crippen molar-refractivity contribution in [3.63, 3.8) is 0 Å². The second-order valence-corrected chi connectivity index (χ2v) is 5.91. The van der Waals surface area contributed by atoms with Crippen LogP contribution in [-0.4, -0.2) is 42.4 Å². The number of benzene rings is 1. The minimum absolute atomic E-state index is 0.121. The quantitative estimate of drug-likeness (QED) is 0.776. The highest BCUT2D eigenvalue weighted by molar-refractivity contribution is 5.32. The van der Waals surface area contributed by atoms with Crippen molar-refractivity contribution in [3.8, 4) is 0 Å². The number of fused-ring (bicyclic) bond motifs is 1. The van der Waals surface area contributed by atoms with Crippen LogP contribution in [0.5, 0.6) is 0 Å². The van der Waals surface area contributed by atoms with Crippen LogP contribution in [0, 0.1) is 0 Å². The average Bonchev–Trinajstić information content (AvgIpc) is 3.32. The van der Waals surface area contributed by atoms with Gasteiger partial charge in [0.25, 0.3) is 0 Å². The molecule has 0 aromatic heterocycles. The van der Waals surface area contributed by atoms with Gasteiger partial charge in [-0.15, -0.1) is 0 Å². The second kappa shape index (κ2) is 6.70. The van der Waals surface area contributed by atoms with Gasteiger partial charge in [0.15, 0.2) is 0 Å². The molecular formula is C17H25NO2. The van der Waals surface area contributed by atoms with Crippen molar-refractivity contribution in [2.75, 3.05) is 26.4 Å². The normalized spacial score (nSPS) is 22.0. The minimum atomic E-state index is 0.121. The summed E-state index contributed by atoms with van der Waals surface area (Å²) in [4.78, 5) is 2.65. The van der Waals surface area contributed by atoms with Gasteiger partial charge >= 0.3 is 0 Å². The van der Waals surface area contributed by atoms with Gasteiger partial charge in [-0.05, 0) is 43.2 Å². The van der Waals surface area contributed by atoms with Crippen LogP contribution in [0.4, 0.5) is 0 Å². The zero-order valence-corrected chi connectivity index (χ0v) is 12.1. The third kappa shape index (κ3) is 3.22. The van der Waals surface area contributed by atoms with Crippen LogP contribution in [0.2, 0.25) is 0 Å². The number of hydrogen-bond acceptors (Lipinski definition) is 3. The maximum Gasteiger partial charge on any atom is 0.0698 e. The largest absolute Gasteiger partial charge is 0.394 e. The monoisotopic (exact) mass is 275 g/mol. The molecule has 1 N–H and O–H groups in total. The molecule has 0 radical (unpaired) electrons. The van der Waals surface area contributed by atoms with Crippen LogP contribution >= 0.6 is 0 Å². The van der Waals surface area contributed by atoms with Gasteiger partial charge in [0, 0.05) is 18.6 Å². The molecule has 3 rings (SSSR count). The number of aliphatic hydroxyl groups is 1. The number of ether oxygens (including phenoxy) is 1. The van der Waals surface area contributed by atoms with Crippen molar-refractivity contribution in [2.45, 2.75) is 44.2 Å². The standard InChI is InChI=1S/C17H25NO2/c19-11-13-20-12-10-18(15-8-9-15)17-7-3-5-14-4-1-2-6-16(14)17/h1-2,4,6,15,17,19H,3,5,7-13H2. The number of rotatable bonds is 7. The fourth-order valence-corrected chi connectivity index (χ4v) is 3.41. The lowest BCUT2D eigenvalue weighted by Crippen LogP contribution is -2.36. The molecule has 0 aliphatic heterocycles. The van der Waals surface area contributed by atoms with Gasteiger partial charge in [0.05, 0.1) is 19.8 Å². The number of aliphatic hydroxyl groups excluding tert-OH is 1. The summed E-state index contributed by atoms with van der Waals surface area (Å²) in [6.07, 6.45) is 6.46. The molecule has 2 aliphatic rings. The van der Waals surface area contributed by atoms with Crippen LogP contribution in [-0.2, 0) is 11.2 Å². The zero-order chi connectivity index (χ0) is 13.8. The van der Waals surface area contributed by atoms with E-state index >= 15 is 0 Å². The second-order valence-electron chi connectivity index (χ2n) is 5.91. The molecule has 20 heavy (non-hydrogen) atoms. The Balaban J connectivity index is 1.68. The summed E-state index contributed by atoms with van der Waals surface area (Å²) in [5.41, 5.74) is 3.07. The SMILES string of the molecule is OCCOCCN(C1CC1)C1CCCc2ccccc21. The average molecular weight is 275 g/mol. The molecule has 0 spiro atoms. The van der Waals surface area contributed by atoms with E-state index in [0.717, 1.165) is 19.2 Å². The summed E-state index contributed by atoms with van der Waals surface area (Å²) >= 11 is 0.